The van der Waals surface area contributed by atoms with Gasteiger partial charge in [0, 0.05) is 25.1 Å². The number of hydrogen-bond donors (Lipinski definition) is 0. The number of piperidine rings is 1. The molecule has 1 saturated heterocycles. The van der Waals surface area contributed by atoms with Crippen LogP contribution in [-0.2, 0) is 0 Å². The first kappa shape index (κ1) is 12.3. The maximum absolute atomic E-state index is 11.9. The smallest absolute Gasteiger partial charge is 0.164 e. The van der Waals surface area contributed by atoms with Crippen LogP contribution in [0.1, 0.15) is 36.5 Å². The molecule has 0 aromatic heterocycles. The van der Waals surface area contributed by atoms with Crippen molar-refractivity contribution < 1.29 is 4.79 Å². The van der Waals surface area contributed by atoms with E-state index in [2.05, 4.69) is 11.8 Å². The van der Waals surface area contributed by atoms with Crippen molar-refractivity contribution in [1.82, 2.24) is 4.90 Å². The molecule has 92 valence electrons. The molecule has 1 aliphatic heterocycles. The first-order valence-corrected chi connectivity index (χ1v) is 6.56. The number of ketones is 1. The Kier molecular flexibility index (Phi) is 4.32. The summed E-state index contributed by atoms with van der Waals surface area (Å²) in [6, 6.07) is 9.61. The van der Waals surface area contributed by atoms with Crippen molar-refractivity contribution in [3.05, 3.63) is 35.9 Å². The van der Waals surface area contributed by atoms with Gasteiger partial charge in [0.15, 0.2) is 5.78 Å². The van der Waals surface area contributed by atoms with Crippen molar-refractivity contribution in [1.29, 1.82) is 0 Å². The Bertz CT molecular complexity index is 360. The summed E-state index contributed by atoms with van der Waals surface area (Å²) < 4.78 is 0. The van der Waals surface area contributed by atoms with E-state index >= 15 is 0 Å². The van der Waals surface area contributed by atoms with Crippen LogP contribution in [-0.4, -0.2) is 30.3 Å². The predicted molar refractivity (Wildman–Crippen MR) is 70.2 cm³/mol. The van der Waals surface area contributed by atoms with Gasteiger partial charge in [-0.15, -0.1) is 0 Å². The third kappa shape index (κ3) is 3.67. The number of carbonyl (C=O) groups excluding carboxylic acids is 1. The van der Waals surface area contributed by atoms with Crippen molar-refractivity contribution in [3.8, 4) is 0 Å². The third-order valence-corrected chi connectivity index (χ3v) is 3.49. The lowest BCUT2D eigenvalue weighted by molar-refractivity contribution is 0.0949. The summed E-state index contributed by atoms with van der Waals surface area (Å²) in [5, 5.41) is 0. The summed E-state index contributed by atoms with van der Waals surface area (Å²) in [5.74, 6) is 1.06. The maximum Gasteiger partial charge on any atom is 0.164 e. The molecule has 1 heterocycles. The van der Waals surface area contributed by atoms with Crippen molar-refractivity contribution >= 4 is 5.78 Å². The molecular weight excluding hydrogens is 210 g/mol. The van der Waals surface area contributed by atoms with Gasteiger partial charge in [0.1, 0.15) is 0 Å². The number of Topliss-reactive ketones (excluding diaryl/α,β-unsaturated/α-hetero) is 1. The molecule has 17 heavy (non-hydrogen) atoms. The van der Waals surface area contributed by atoms with Crippen molar-refractivity contribution in [2.45, 2.75) is 26.2 Å². The van der Waals surface area contributed by atoms with Crippen LogP contribution in [0.25, 0.3) is 0 Å². The lowest BCUT2D eigenvalue weighted by Gasteiger charge is -2.30. The normalized spacial score (nSPS) is 21.4. The molecule has 1 aromatic carbocycles. The van der Waals surface area contributed by atoms with Gasteiger partial charge in [-0.25, -0.2) is 0 Å². The molecule has 0 bridgehead atoms. The van der Waals surface area contributed by atoms with Crippen LogP contribution in [0.5, 0.6) is 0 Å². The zero-order chi connectivity index (χ0) is 12.1. The van der Waals surface area contributed by atoms with Gasteiger partial charge in [-0.05, 0) is 25.3 Å². The first-order chi connectivity index (χ1) is 8.25. The highest BCUT2D eigenvalue weighted by molar-refractivity contribution is 5.96. The monoisotopic (exact) mass is 231 g/mol. The first-order valence-electron chi connectivity index (χ1n) is 6.56. The fourth-order valence-corrected chi connectivity index (χ4v) is 2.52. The fraction of sp³-hybridized carbons (Fsp3) is 0.533. The highest BCUT2D eigenvalue weighted by atomic mass is 16.1. The minimum absolute atomic E-state index is 0.267. The number of hydrogen-bond acceptors (Lipinski definition) is 2. The molecule has 0 saturated carbocycles. The summed E-state index contributed by atoms with van der Waals surface area (Å²) in [5.41, 5.74) is 0.845. The van der Waals surface area contributed by atoms with Crippen LogP contribution in [0.15, 0.2) is 30.3 Å². The van der Waals surface area contributed by atoms with Crippen LogP contribution in [0.4, 0.5) is 0 Å². The molecule has 0 radical (unpaired) electrons. The molecule has 2 heteroatoms. The van der Waals surface area contributed by atoms with E-state index in [4.69, 9.17) is 0 Å². The quantitative estimate of drug-likeness (QED) is 0.742. The molecule has 0 aliphatic carbocycles. The Hall–Kier alpha value is -1.15. The van der Waals surface area contributed by atoms with Crippen molar-refractivity contribution in [2.75, 3.05) is 19.6 Å². The van der Waals surface area contributed by atoms with Gasteiger partial charge in [0.2, 0.25) is 0 Å². The third-order valence-electron chi connectivity index (χ3n) is 3.49. The van der Waals surface area contributed by atoms with E-state index in [1.165, 1.54) is 12.8 Å². The average Bonchev–Trinajstić information content (AvgIpc) is 2.37. The summed E-state index contributed by atoms with van der Waals surface area (Å²) in [6.45, 7) is 5.53. The van der Waals surface area contributed by atoms with Crippen molar-refractivity contribution in [2.24, 2.45) is 5.92 Å². The van der Waals surface area contributed by atoms with Crippen LogP contribution in [0, 0.1) is 5.92 Å². The van der Waals surface area contributed by atoms with Crippen LogP contribution in [0.2, 0.25) is 0 Å². The molecule has 0 spiro atoms. The second kappa shape index (κ2) is 5.97. The Morgan fingerprint density at radius 3 is 2.82 bits per heavy atom. The van der Waals surface area contributed by atoms with Gasteiger partial charge < -0.3 is 4.90 Å². The molecule has 1 unspecified atom stereocenters. The summed E-state index contributed by atoms with van der Waals surface area (Å²) in [4.78, 5) is 14.4. The maximum atomic E-state index is 11.9. The number of carbonyl (C=O) groups is 1. The Labute approximate surface area is 104 Å². The highest BCUT2D eigenvalue weighted by Gasteiger charge is 2.16. The average molecular weight is 231 g/mol. The van der Waals surface area contributed by atoms with Crippen LogP contribution >= 0.6 is 0 Å². The summed E-state index contributed by atoms with van der Waals surface area (Å²) >= 11 is 0. The minimum Gasteiger partial charge on any atom is -0.303 e. The second-order valence-corrected chi connectivity index (χ2v) is 5.09. The lowest BCUT2D eigenvalue weighted by atomic mass is 9.99. The molecule has 1 aliphatic rings. The van der Waals surface area contributed by atoms with Gasteiger partial charge in [-0.1, -0.05) is 37.3 Å². The Morgan fingerprint density at radius 1 is 1.35 bits per heavy atom. The van der Waals surface area contributed by atoms with Gasteiger partial charge in [-0.3, -0.25) is 4.79 Å². The molecule has 1 fully saturated rings. The Balaban J connectivity index is 1.80. The zero-order valence-corrected chi connectivity index (χ0v) is 10.6. The summed E-state index contributed by atoms with van der Waals surface area (Å²) in [7, 11) is 0. The molecule has 2 rings (SSSR count). The van der Waals surface area contributed by atoms with Gasteiger partial charge >= 0.3 is 0 Å². The number of nitrogens with zero attached hydrogens (tertiary/aromatic N) is 1. The molecule has 0 amide bonds. The molecule has 2 nitrogen and oxygen atoms in total. The standard InChI is InChI=1S/C15H21NO/c1-13-6-5-10-16(12-13)11-9-15(17)14-7-3-2-4-8-14/h2-4,7-8,13H,5-6,9-12H2,1H3. The van der Waals surface area contributed by atoms with Gasteiger partial charge in [-0.2, -0.15) is 0 Å². The van der Waals surface area contributed by atoms with Crippen molar-refractivity contribution in [3.63, 3.8) is 0 Å². The van der Waals surface area contributed by atoms with E-state index in [0.29, 0.717) is 6.42 Å². The molecule has 1 atom stereocenters. The van der Waals surface area contributed by atoms with Gasteiger partial charge in [0.25, 0.3) is 0 Å². The van der Waals surface area contributed by atoms with E-state index in [0.717, 1.165) is 31.1 Å². The van der Waals surface area contributed by atoms with E-state index in [1.54, 1.807) is 0 Å². The van der Waals surface area contributed by atoms with Gasteiger partial charge in [0.05, 0.1) is 0 Å². The predicted octanol–water partition coefficient (Wildman–Crippen LogP) is 2.99. The van der Waals surface area contributed by atoms with E-state index in [1.807, 2.05) is 30.3 Å². The molecule has 0 N–H and O–H groups in total. The highest BCUT2D eigenvalue weighted by Crippen LogP contribution is 2.16. The number of likely N-dealkylation sites (tertiary alicyclic amines) is 1. The van der Waals surface area contributed by atoms with E-state index in [-0.39, 0.29) is 5.78 Å². The Morgan fingerprint density at radius 2 is 2.12 bits per heavy atom. The zero-order valence-electron chi connectivity index (χ0n) is 10.6. The topological polar surface area (TPSA) is 20.3 Å². The molecule has 1 aromatic rings. The lowest BCUT2D eigenvalue weighted by Crippen LogP contribution is -2.35. The minimum atomic E-state index is 0.267. The van der Waals surface area contributed by atoms with Crippen LogP contribution < -0.4 is 0 Å². The SMILES string of the molecule is CC1CCCN(CCC(=O)c2ccccc2)C1. The molecular formula is C15H21NO. The second-order valence-electron chi connectivity index (χ2n) is 5.09. The largest absolute Gasteiger partial charge is 0.303 e. The number of benzene rings is 1. The number of rotatable bonds is 4. The van der Waals surface area contributed by atoms with Crippen LogP contribution in [0.3, 0.4) is 0 Å². The summed E-state index contributed by atoms with van der Waals surface area (Å²) in [6.07, 6.45) is 3.26. The fourth-order valence-electron chi connectivity index (χ4n) is 2.52. The van der Waals surface area contributed by atoms with E-state index in [9.17, 15) is 4.79 Å². The van der Waals surface area contributed by atoms with E-state index < -0.39 is 0 Å².